The molecule has 18 heavy (non-hydrogen) atoms. The number of likely N-dealkylation sites (tertiary alicyclic amines) is 1. The van der Waals surface area contributed by atoms with Gasteiger partial charge in [-0.2, -0.15) is 0 Å². The van der Waals surface area contributed by atoms with Crippen molar-refractivity contribution in [2.45, 2.75) is 23.8 Å². The number of nitrogens with zero attached hydrogens (tertiary/aromatic N) is 1. The average Bonchev–Trinajstić information content (AvgIpc) is 2.41. The molecule has 3 nitrogen and oxygen atoms in total. The Morgan fingerprint density at radius 2 is 2.33 bits per heavy atom. The molecule has 1 aromatic rings. The van der Waals surface area contributed by atoms with Crippen LogP contribution >= 0.6 is 12.6 Å². The fourth-order valence-corrected chi connectivity index (χ4v) is 2.37. The number of methoxy groups -OCH3 is 1. The molecule has 1 aliphatic heterocycles. The van der Waals surface area contributed by atoms with E-state index in [-0.39, 0.29) is 17.6 Å². The quantitative estimate of drug-likeness (QED) is 0.835. The predicted molar refractivity (Wildman–Crippen MR) is 69.6 cm³/mol. The van der Waals surface area contributed by atoms with Crippen LogP contribution in [0.25, 0.3) is 0 Å². The summed E-state index contributed by atoms with van der Waals surface area (Å²) in [6.45, 7) is 1.17. The van der Waals surface area contributed by atoms with Crippen LogP contribution in [-0.2, 0) is 4.74 Å². The molecule has 1 aliphatic rings. The average molecular weight is 269 g/mol. The molecule has 1 heterocycles. The molecule has 0 radical (unpaired) electrons. The first-order valence-corrected chi connectivity index (χ1v) is 6.37. The SMILES string of the molecule is COC1CCCN(C(=O)c2cc(S)ccc2F)C1. The monoisotopic (exact) mass is 269 g/mol. The van der Waals surface area contributed by atoms with Gasteiger partial charge in [0.2, 0.25) is 0 Å². The number of thiol groups is 1. The second kappa shape index (κ2) is 5.71. The van der Waals surface area contributed by atoms with E-state index in [1.165, 1.54) is 18.2 Å². The van der Waals surface area contributed by atoms with Crippen LogP contribution < -0.4 is 0 Å². The molecule has 0 aromatic heterocycles. The maximum atomic E-state index is 13.6. The van der Waals surface area contributed by atoms with Gasteiger partial charge in [0.1, 0.15) is 5.82 Å². The number of benzene rings is 1. The van der Waals surface area contributed by atoms with E-state index in [9.17, 15) is 9.18 Å². The highest BCUT2D eigenvalue weighted by Crippen LogP contribution is 2.19. The van der Waals surface area contributed by atoms with E-state index < -0.39 is 5.82 Å². The van der Waals surface area contributed by atoms with Crippen LogP contribution in [0.2, 0.25) is 0 Å². The van der Waals surface area contributed by atoms with E-state index in [0.29, 0.717) is 18.0 Å². The molecule has 0 saturated carbocycles. The van der Waals surface area contributed by atoms with Crippen molar-refractivity contribution in [1.82, 2.24) is 4.90 Å². The molecule has 1 amide bonds. The Hall–Kier alpha value is -1.07. The first kappa shape index (κ1) is 13.4. The minimum absolute atomic E-state index is 0.0462. The largest absolute Gasteiger partial charge is 0.380 e. The van der Waals surface area contributed by atoms with Crippen LogP contribution in [0.4, 0.5) is 4.39 Å². The van der Waals surface area contributed by atoms with E-state index in [2.05, 4.69) is 12.6 Å². The van der Waals surface area contributed by atoms with Crippen molar-refractivity contribution in [3.63, 3.8) is 0 Å². The highest BCUT2D eigenvalue weighted by atomic mass is 32.1. The van der Waals surface area contributed by atoms with E-state index in [0.717, 1.165) is 12.8 Å². The summed E-state index contributed by atoms with van der Waals surface area (Å²) < 4.78 is 18.9. The normalized spacial score (nSPS) is 19.9. The Labute approximate surface area is 111 Å². The van der Waals surface area contributed by atoms with Gasteiger partial charge >= 0.3 is 0 Å². The van der Waals surface area contributed by atoms with Crippen molar-refractivity contribution >= 4 is 18.5 Å². The maximum Gasteiger partial charge on any atom is 0.256 e. The Morgan fingerprint density at radius 3 is 3.06 bits per heavy atom. The van der Waals surface area contributed by atoms with Gasteiger partial charge in [0.25, 0.3) is 5.91 Å². The summed E-state index contributed by atoms with van der Waals surface area (Å²) in [6, 6.07) is 4.27. The summed E-state index contributed by atoms with van der Waals surface area (Å²) in [6.07, 6.45) is 1.87. The molecule has 1 unspecified atom stereocenters. The van der Waals surface area contributed by atoms with Crippen molar-refractivity contribution in [3.05, 3.63) is 29.6 Å². The minimum atomic E-state index is -0.502. The lowest BCUT2D eigenvalue weighted by Crippen LogP contribution is -2.43. The van der Waals surface area contributed by atoms with E-state index >= 15 is 0 Å². The molecular formula is C13H16FNO2S. The van der Waals surface area contributed by atoms with E-state index in [1.54, 1.807) is 12.0 Å². The third-order valence-electron chi connectivity index (χ3n) is 3.18. The van der Waals surface area contributed by atoms with E-state index in [1.807, 2.05) is 0 Å². The van der Waals surface area contributed by atoms with Crippen LogP contribution in [0.5, 0.6) is 0 Å². The molecule has 2 rings (SSSR count). The molecule has 1 saturated heterocycles. The Balaban J connectivity index is 2.17. The standard InChI is InChI=1S/C13H16FNO2S/c1-17-9-3-2-6-15(8-9)13(16)11-7-10(18)4-5-12(11)14/h4-5,7,9,18H,2-3,6,8H2,1H3. The second-order valence-corrected chi connectivity index (χ2v) is 4.93. The zero-order valence-electron chi connectivity index (χ0n) is 10.2. The van der Waals surface area contributed by atoms with Gasteiger partial charge < -0.3 is 9.64 Å². The molecule has 0 spiro atoms. The number of amides is 1. The number of carbonyl (C=O) groups is 1. The summed E-state index contributed by atoms with van der Waals surface area (Å²) >= 11 is 4.13. The van der Waals surface area contributed by atoms with Gasteiger partial charge in [0, 0.05) is 25.1 Å². The number of hydrogen-bond acceptors (Lipinski definition) is 3. The van der Waals surface area contributed by atoms with E-state index in [4.69, 9.17) is 4.74 Å². The minimum Gasteiger partial charge on any atom is -0.380 e. The lowest BCUT2D eigenvalue weighted by atomic mass is 10.1. The van der Waals surface area contributed by atoms with Crippen LogP contribution in [0.1, 0.15) is 23.2 Å². The zero-order chi connectivity index (χ0) is 13.1. The molecule has 1 atom stereocenters. The van der Waals surface area contributed by atoms with Crippen LogP contribution in [0.15, 0.2) is 23.1 Å². The van der Waals surface area contributed by atoms with Crippen molar-refractivity contribution < 1.29 is 13.9 Å². The van der Waals surface area contributed by atoms with Crippen molar-refractivity contribution in [2.24, 2.45) is 0 Å². The first-order valence-electron chi connectivity index (χ1n) is 5.92. The van der Waals surface area contributed by atoms with Gasteiger partial charge in [0.05, 0.1) is 11.7 Å². The molecule has 5 heteroatoms. The predicted octanol–water partition coefficient (Wildman–Crippen LogP) is 2.37. The van der Waals surface area contributed by atoms with Gasteiger partial charge in [-0.1, -0.05) is 0 Å². The number of carbonyl (C=O) groups excluding carboxylic acids is 1. The van der Waals surface area contributed by atoms with Crippen molar-refractivity contribution in [2.75, 3.05) is 20.2 Å². The van der Waals surface area contributed by atoms with Crippen LogP contribution in [0, 0.1) is 5.82 Å². The van der Waals surface area contributed by atoms with Crippen LogP contribution in [0.3, 0.4) is 0 Å². The Morgan fingerprint density at radius 1 is 1.56 bits per heavy atom. The van der Waals surface area contributed by atoms with Crippen LogP contribution in [-0.4, -0.2) is 37.1 Å². The highest BCUT2D eigenvalue weighted by molar-refractivity contribution is 7.80. The summed E-state index contributed by atoms with van der Waals surface area (Å²) in [4.78, 5) is 14.5. The lowest BCUT2D eigenvalue weighted by Gasteiger charge is -2.32. The van der Waals surface area contributed by atoms with Gasteiger partial charge in [-0.05, 0) is 31.0 Å². The molecule has 1 aromatic carbocycles. The van der Waals surface area contributed by atoms with Gasteiger partial charge in [-0.3, -0.25) is 4.79 Å². The Bertz CT molecular complexity index is 453. The molecule has 1 fully saturated rings. The van der Waals surface area contributed by atoms with Gasteiger partial charge in [0.15, 0.2) is 0 Å². The second-order valence-electron chi connectivity index (χ2n) is 4.42. The maximum absolute atomic E-state index is 13.6. The number of ether oxygens (including phenoxy) is 1. The molecule has 0 aliphatic carbocycles. The number of piperidine rings is 1. The van der Waals surface area contributed by atoms with Crippen molar-refractivity contribution in [1.29, 1.82) is 0 Å². The molecule has 0 N–H and O–H groups in total. The summed E-state index contributed by atoms with van der Waals surface area (Å²) in [5, 5.41) is 0. The lowest BCUT2D eigenvalue weighted by molar-refractivity contribution is 0.0266. The first-order chi connectivity index (χ1) is 8.61. The fraction of sp³-hybridized carbons (Fsp3) is 0.462. The number of hydrogen-bond donors (Lipinski definition) is 1. The van der Waals surface area contributed by atoms with Crippen molar-refractivity contribution in [3.8, 4) is 0 Å². The number of rotatable bonds is 2. The summed E-state index contributed by atoms with van der Waals surface area (Å²) in [7, 11) is 1.63. The smallest absolute Gasteiger partial charge is 0.256 e. The topological polar surface area (TPSA) is 29.5 Å². The third-order valence-corrected chi connectivity index (χ3v) is 3.46. The zero-order valence-corrected chi connectivity index (χ0v) is 11.1. The summed E-state index contributed by atoms with van der Waals surface area (Å²) in [5.74, 6) is -0.789. The Kier molecular flexibility index (Phi) is 4.24. The van der Waals surface area contributed by atoms with Gasteiger partial charge in [-0.15, -0.1) is 12.6 Å². The fourth-order valence-electron chi connectivity index (χ4n) is 2.16. The van der Waals surface area contributed by atoms with Gasteiger partial charge in [-0.25, -0.2) is 4.39 Å². The summed E-state index contributed by atoms with van der Waals surface area (Å²) in [5.41, 5.74) is 0.0826. The third kappa shape index (κ3) is 2.84. The highest BCUT2D eigenvalue weighted by Gasteiger charge is 2.25. The molecule has 98 valence electrons. The molecular weight excluding hydrogens is 253 g/mol. The number of halogens is 1. The molecule has 0 bridgehead atoms.